The van der Waals surface area contributed by atoms with Gasteiger partial charge in [-0.05, 0) is 56.0 Å². The summed E-state index contributed by atoms with van der Waals surface area (Å²) in [5, 5.41) is 3.54. The minimum atomic E-state index is -0.357. The Morgan fingerprint density at radius 2 is 1.81 bits per heavy atom. The molecule has 0 radical (unpaired) electrons. The number of halogens is 1. The minimum absolute atomic E-state index is 0.183. The molecule has 0 bridgehead atoms. The van der Waals surface area contributed by atoms with Gasteiger partial charge in [0.15, 0.2) is 0 Å². The van der Waals surface area contributed by atoms with E-state index in [1.807, 2.05) is 49.6 Å². The quantitative estimate of drug-likeness (QED) is 0.675. The average Bonchev–Trinajstić information content (AvgIpc) is 2.97. The van der Waals surface area contributed by atoms with Crippen molar-refractivity contribution < 1.29 is 4.79 Å². The van der Waals surface area contributed by atoms with E-state index in [9.17, 15) is 9.59 Å². The van der Waals surface area contributed by atoms with Crippen molar-refractivity contribution in [2.24, 2.45) is 0 Å². The van der Waals surface area contributed by atoms with Crippen molar-refractivity contribution in [3.05, 3.63) is 73.0 Å². The topological polar surface area (TPSA) is 51.1 Å². The van der Waals surface area contributed by atoms with Crippen LogP contribution in [0, 0.1) is 20.8 Å². The summed E-state index contributed by atoms with van der Waals surface area (Å²) in [6.45, 7) is 6.74. The normalized spacial score (nSPS) is 12.6. The zero-order valence-corrected chi connectivity index (χ0v) is 16.5. The average molecular weight is 411 g/mol. The van der Waals surface area contributed by atoms with Gasteiger partial charge in [0.25, 0.3) is 5.91 Å². The molecule has 2 heterocycles. The Kier molecular flexibility index (Phi) is 3.99. The van der Waals surface area contributed by atoms with Crippen LogP contribution in [0.25, 0.3) is 10.9 Å². The van der Waals surface area contributed by atoms with E-state index >= 15 is 0 Å². The van der Waals surface area contributed by atoms with E-state index in [4.69, 9.17) is 0 Å². The number of hydrogen-bond acceptors (Lipinski definition) is 2. The number of nitrogens with one attached hydrogen (secondary N) is 1. The fourth-order valence-corrected chi connectivity index (χ4v) is 4.42. The van der Waals surface area contributed by atoms with E-state index in [-0.39, 0.29) is 16.9 Å². The van der Waals surface area contributed by atoms with Gasteiger partial charge in [-0.2, -0.15) is 0 Å². The van der Waals surface area contributed by atoms with E-state index in [1.54, 1.807) is 6.20 Å². The van der Waals surface area contributed by atoms with Crippen LogP contribution in [0.1, 0.15) is 32.6 Å². The summed E-state index contributed by atoms with van der Waals surface area (Å²) in [5.41, 5.74) is 5.95. The first-order valence-electron chi connectivity index (χ1n) is 8.60. The molecule has 4 rings (SSSR count). The molecule has 132 valence electrons. The van der Waals surface area contributed by atoms with Crippen molar-refractivity contribution >= 4 is 38.4 Å². The Bertz CT molecular complexity index is 1120. The summed E-state index contributed by atoms with van der Waals surface area (Å²) in [6, 6.07) is 7.91. The third-order valence-electron chi connectivity index (χ3n) is 5.00. The van der Waals surface area contributed by atoms with E-state index in [2.05, 4.69) is 21.2 Å². The molecule has 0 unspecified atom stereocenters. The van der Waals surface area contributed by atoms with E-state index in [0.717, 1.165) is 50.9 Å². The highest BCUT2D eigenvalue weighted by molar-refractivity contribution is 9.10. The zero-order valence-electron chi connectivity index (χ0n) is 14.9. The van der Waals surface area contributed by atoms with Gasteiger partial charge in [0.1, 0.15) is 5.56 Å². The largest absolute Gasteiger partial charge is 0.346 e. The van der Waals surface area contributed by atoms with Crippen LogP contribution in [-0.4, -0.2) is 10.5 Å². The smallest absolute Gasteiger partial charge is 0.261 e. The standard InChI is InChI=1S/C21H19BrN2O2/c1-11-6-12(2)18(13(3)7-11)23-21(26)17-10-24-5-4-14-8-15(22)9-16(19(14)24)20(17)25/h6-10H,4-5H2,1-3H3,(H,23,26). The molecule has 0 atom stereocenters. The number of aryl methyl sites for hydroxylation is 5. The molecule has 5 heteroatoms. The predicted octanol–water partition coefficient (Wildman–Crippen LogP) is 4.50. The number of aromatic nitrogens is 1. The van der Waals surface area contributed by atoms with Gasteiger partial charge in [0.05, 0.1) is 5.52 Å². The number of rotatable bonds is 2. The van der Waals surface area contributed by atoms with Gasteiger partial charge >= 0.3 is 0 Å². The van der Waals surface area contributed by atoms with Crippen LogP contribution in [0.15, 0.2) is 39.7 Å². The Balaban J connectivity index is 1.83. The molecule has 1 aliphatic rings. The Morgan fingerprint density at radius 1 is 1.12 bits per heavy atom. The minimum Gasteiger partial charge on any atom is -0.346 e. The summed E-state index contributed by atoms with van der Waals surface area (Å²) in [7, 11) is 0. The number of carbonyl (C=O) groups excluding carboxylic acids is 1. The first-order chi connectivity index (χ1) is 12.3. The maximum absolute atomic E-state index is 13.0. The van der Waals surface area contributed by atoms with Gasteiger partial charge in [-0.15, -0.1) is 0 Å². The fourth-order valence-electron chi connectivity index (χ4n) is 3.92. The monoisotopic (exact) mass is 410 g/mol. The van der Waals surface area contributed by atoms with Crippen LogP contribution >= 0.6 is 15.9 Å². The van der Waals surface area contributed by atoms with Gasteiger partial charge < -0.3 is 9.88 Å². The molecular formula is C21H19BrN2O2. The molecule has 3 aromatic rings. The number of nitrogens with zero attached hydrogens (tertiary/aromatic N) is 1. The number of anilines is 1. The number of benzene rings is 2. The Morgan fingerprint density at radius 3 is 2.50 bits per heavy atom. The highest BCUT2D eigenvalue weighted by Crippen LogP contribution is 2.28. The summed E-state index contributed by atoms with van der Waals surface area (Å²) < 4.78 is 2.88. The van der Waals surface area contributed by atoms with Crippen LogP contribution in [0.3, 0.4) is 0 Å². The highest BCUT2D eigenvalue weighted by Gasteiger charge is 2.22. The lowest BCUT2D eigenvalue weighted by molar-refractivity contribution is 0.102. The van der Waals surface area contributed by atoms with Gasteiger partial charge in [-0.25, -0.2) is 0 Å². The van der Waals surface area contributed by atoms with Gasteiger partial charge in [-0.1, -0.05) is 33.6 Å². The van der Waals surface area contributed by atoms with Crippen LogP contribution in [0.4, 0.5) is 5.69 Å². The van der Waals surface area contributed by atoms with Crippen molar-refractivity contribution in [3.63, 3.8) is 0 Å². The molecular weight excluding hydrogens is 392 g/mol. The Hall–Kier alpha value is -2.40. The van der Waals surface area contributed by atoms with Crippen LogP contribution in [0.2, 0.25) is 0 Å². The van der Waals surface area contributed by atoms with Crippen LogP contribution in [0.5, 0.6) is 0 Å². The summed E-state index contributed by atoms with van der Waals surface area (Å²) in [5.74, 6) is -0.357. The molecule has 1 amide bonds. The molecule has 4 nitrogen and oxygen atoms in total. The molecule has 1 aromatic heterocycles. The first kappa shape index (κ1) is 17.0. The second-order valence-electron chi connectivity index (χ2n) is 7.00. The Labute approximate surface area is 160 Å². The molecule has 0 spiro atoms. The van der Waals surface area contributed by atoms with Gasteiger partial charge in [0, 0.05) is 28.3 Å². The maximum atomic E-state index is 13.0. The van der Waals surface area contributed by atoms with Crippen LogP contribution in [-0.2, 0) is 13.0 Å². The second kappa shape index (κ2) is 6.09. The van der Waals surface area contributed by atoms with Crippen molar-refractivity contribution in [1.29, 1.82) is 0 Å². The summed E-state index contributed by atoms with van der Waals surface area (Å²) in [4.78, 5) is 25.9. The molecule has 2 aromatic carbocycles. The van der Waals surface area contributed by atoms with E-state index in [1.165, 1.54) is 0 Å². The zero-order chi connectivity index (χ0) is 18.6. The SMILES string of the molecule is Cc1cc(C)c(NC(=O)c2cn3c4c(cc(Br)cc4c2=O)CC3)c(C)c1. The van der Waals surface area contributed by atoms with E-state index in [0.29, 0.717) is 5.39 Å². The lowest BCUT2D eigenvalue weighted by Gasteiger charge is -2.14. The molecule has 0 fully saturated rings. The second-order valence-corrected chi connectivity index (χ2v) is 7.92. The number of hydrogen-bond donors (Lipinski definition) is 1. The molecule has 26 heavy (non-hydrogen) atoms. The van der Waals surface area contributed by atoms with Crippen molar-refractivity contribution in [1.82, 2.24) is 4.57 Å². The highest BCUT2D eigenvalue weighted by atomic mass is 79.9. The lowest BCUT2D eigenvalue weighted by atomic mass is 10.0. The summed E-state index contributed by atoms with van der Waals surface area (Å²) in [6.07, 6.45) is 2.57. The molecule has 1 N–H and O–H groups in total. The van der Waals surface area contributed by atoms with E-state index < -0.39 is 0 Å². The third-order valence-corrected chi connectivity index (χ3v) is 5.46. The molecule has 0 saturated carbocycles. The summed E-state index contributed by atoms with van der Waals surface area (Å²) >= 11 is 3.47. The first-order valence-corrected chi connectivity index (χ1v) is 9.39. The number of amides is 1. The van der Waals surface area contributed by atoms with Crippen molar-refractivity contribution in [2.45, 2.75) is 33.7 Å². The van der Waals surface area contributed by atoms with Gasteiger partial charge in [-0.3, -0.25) is 9.59 Å². The fraction of sp³-hybridized carbons (Fsp3) is 0.238. The third kappa shape index (κ3) is 2.67. The number of carbonyl (C=O) groups is 1. The molecule has 0 aliphatic carbocycles. The van der Waals surface area contributed by atoms with Gasteiger partial charge in [0.2, 0.25) is 5.43 Å². The maximum Gasteiger partial charge on any atom is 0.261 e. The predicted molar refractivity (Wildman–Crippen MR) is 108 cm³/mol. The number of pyridine rings is 1. The van der Waals surface area contributed by atoms with Crippen molar-refractivity contribution in [2.75, 3.05) is 5.32 Å². The lowest BCUT2D eigenvalue weighted by Crippen LogP contribution is -2.24. The van der Waals surface area contributed by atoms with Crippen molar-refractivity contribution in [3.8, 4) is 0 Å². The molecule has 0 saturated heterocycles. The van der Waals surface area contributed by atoms with Crippen LogP contribution < -0.4 is 10.7 Å². The molecule has 1 aliphatic heterocycles.